The average molecular weight is 331 g/mol. The monoisotopic (exact) mass is 331 g/mol. The number of fused-ring (bicyclic) bond motifs is 1. The molecule has 0 aliphatic carbocycles. The first-order chi connectivity index (χ1) is 9.81. The molecule has 0 spiro atoms. The van der Waals surface area contributed by atoms with Crippen molar-refractivity contribution < 1.29 is 26.1 Å². The molecular formula is C12H13NO6S2. The Morgan fingerprint density at radius 2 is 1.90 bits per heavy atom. The van der Waals surface area contributed by atoms with Gasteiger partial charge in [-0.05, 0) is 23.6 Å². The van der Waals surface area contributed by atoms with Crippen LogP contribution in [0.15, 0.2) is 34.1 Å². The largest absolute Gasteiger partial charge is 0.504 e. The molecule has 1 unspecified atom stereocenters. The van der Waals surface area contributed by atoms with Gasteiger partial charge in [0.1, 0.15) is 4.90 Å². The number of hydrogen-bond acceptors (Lipinski definition) is 7. The van der Waals surface area contributed by atoms with Crippen molar-refractivity contribution in [3.63, 3.8) is 0 Å². The van der Waals surface area contributed by atoms with E-state index in [0.717, 1.165) is 7.11 Å². The summed E-state index contributed by atoms with van der Waals surface area (Å²) in [5, 5.41) is 10.8. The summed E-state index contributed by atoms with van der Waals surface area (Å²) in [7, 11) is -1.60. The predicted octanol–water partition coefficient (Wildman–Crippen LogP) is 1.13. The Bertz CT molecular complexity index is 831. The second kappa shape index (κ2) is 5.60. The Kier molecular flexibility index (Phi) is 4.19. The lowest BCUT2D eigenvalue weighted by molar-refractivity contribution is 0.398. The number of nitrogens with two attached hydrogens (primary N) is 1. The van der Waals surface area contributed by atoms with E-state index in [2.05, 4.69) is 8.37 Å². The Morgan fingerprint density at radius 3 is 2.48 bits per heavy atom. The maximum atomic E-state index is 11.7. The molecule has 2 rings (SSSR count). The minimum Gasteiger partial charge on any atom is -0.504 e. The maximum absolute atomic E-state index is 11.7. The number of rotatable bonds is 4. The molecule has 0 fully saturated rings. The highest BCUT2D eigenvalue weighted by atomic mass is 32.2. The van der Waals surface area contributed by atoms with E-state index < -0.39 is 21.2 Å². The van der Waals surface area contributed by atoms with Gasteiger partial charge in [-0.1, -0.05) is 6.07 Å². The van der Waals surface area contributed by atoms with E-state index >= 15 is 0 Å². The molecule has 0 aliphatic rings. The lowest BCUT2D eigenvalue weighted by Crippen LogP contribution is -2.03. The first kappa shape index (κ1) is 15.7. The lowest BCUT2D eigenvalue weighted by Gasteiger charge is -2.10. The number of nitrogen functional groups attached to an aromatic ring is 1. The van der Waals surface area contributed by atoms with Crippen molar-refractivity contribution in [3.05, 3.63) is 24.3 Å². The third-order valence-electron chi connectivity index (χ3n) is 2.93. The van der Waals surface area contributed by atoms with Crippen LogP contribution in [0, 0.1) is 0 Å². The van der Waals surface area contributed by atoms with E-state index in [0.29, 0.717) is 10.8 Å². The average Bonchev–Trinajstić information content (AvgIpc) is 2.49. The van der Waals surface area contributed by atoms with Crippen LogP contribution in [0.3, 0.4) is 0 Å². The van der Waals surface area contributed by atoms with Crippen LogP contribution < -0.4 is 5.73 Å². The first-order valence-electron chi connectivity index (χ1n) is 5.64. The van der Waals surface area contributed by atoms with Gasteiger partial charge in [-0.3, -0.25) is 8.37 Å². The minimum absolute atomic E-state index is 0.00531. The highest BCUT2D eigenvalue weighted by Gasteiger charge is 2.18. The van der Waals surface area contributed by atoms with Crippen molar-refractivity contribution in [3.8, 4) is 5.75 Å². The van der Waals surface area contributed by atoms with Gasteiger partial charge in [-0.2, -0.15) is 8.42 Å². The van der Waals surface area contributed by atoms with Crippen molar-refractivity contribution in [1.82, 2.24) is 0 Å². The number of phenols is 1. The molecule has 0 saturated carbocycles. The summed E-state index contributed by atoms with van der Waals surface area (Å²) < 4.78 is 44.2. The normalized spacial score (nSPS) is 13.4. The zero-order valence-electron chi connectivity index (χ0n) is 11.2. The Balaban J connectivity index is 2.78. The van der Waals surface area contributed by atoms with Crippen LogP contribution in [0.25, 0.3) is 10.8 Å². The van der Waals surface area contributed by atoms with Crippen LogP contribution in [0.4, 0.5) is 5.69 Å². The van der Waals surface area contributed by atoms with Crippen LogP contribution in [0.5, 0.6) is 5.75 Å². The van der Waals surface area contributed by atoms with E-state index in [1.165, 1.54) is 31.4 Å². The Morgan fingerprint density at radius 1 is 1.24 bits per heavy atom. The van der Waals surface area contributed by atoms with Crippen LogP contribution in [0.2, 0.25) is 0 Å². The molecular weight excluding hydrogens is 318 g/mol. The third-order valence-corrected chi connectivity index (χ3v) is 5.17. The molecule has 0 saturated heterocycles. The predicted molar refractivity (Wildman–Crippen MR) is 77.6 cm³/mol. The number of aromatic hydroxyl groups is 1. The molecule has 21 heavy (non-hydrogen) atoms. The number of hydrogen-bond donors (Lipinski definition) is 2. The fourth-order valence-electron chi connectivity index (χ4n) is 1.84. The van der Waals surface area contributed by atoms with E-state index in [-0.39, 0.29) is 21.2 Å². The molecule has 0 aromatic heterocycles. The first-order valence-corrected chi connectivity index (χ1v) is 8.12. The molecule has 0 bridgehead atoms. The number of anilines is 1. The lowest BCUT2D eigenvalue weighted by atomic mass is 10.1. The number of benzene rings is 2. The van der Waals surface area contributed by atoms with Gasteiger partial charge in [0.15, 0.2) is 16.8 Å². The van der Waals surface area contributed by atoms with Crippen LogP contribution >= 0.6 is 0 Å². The van der Waals surface area contributed by atoms with Crippen molar-refractivity contribution in [2.45, 2.75) is 9.79 Å². The van der Waals surface area contributed by atoms with Gasteiger partial charge in [-0.25, -0.2) is 4.21 Å². The number of phenolic OH excluding ortho intramolecular Hbond substituents is 1. The van der Waals surface area contributed by atoms with Gasteiger partial charge in [0.2, 0.25) is 0 Å². The Hall–Kier alpha value is -1.68. The summed E-state index contributed by atoms with van der Waals surface area (Å²) in [6.45, 7) is 0. The third kappa shape index (κ3) is 2.72. The van der Waals surface area contributed by atoms with E-state index in [9.17, 15) is 17.7 Å². The molecule has 0 aliphatic heterocycles. The molecule has 7 nitrogen and oxygen atoms in total. The van der Waals surface area contributed by atoms with E-state index in [4.69, 9.17) is 5.73 Å². The summed E-state index contributed by atoms with van der Waals surface area (Å²) in [6, 6.07) is 5.43. The van der Waals surface area contributed by atoms with Gasteiger partial charge >= 0.3 is 0 Å². The zero-order valence-corrected chi connectivity index (χ0v) is 12.8. The fraction of sp³-hybridized carbons (Fsp3) is 0.167. The van der Waals surface area contributed by atoms with E-state index in [1.807, 2.05) is 0 Å². The van der Waals surface area contributed by atoms with Gasteiger partial charge < -0.3 is 10.8 Å². The van der Waals surface area contributed by atoms with Gasteiger partial charge in [0, 0.05) is 5.39 Å². The molecule has 9 heteroatoms. The fourth-order valence-corrected chi connectivity index (χ4v) is 3.21. The van der Waals surface area contributed by atoms with Crippen molar-refractivity contribution in [1.29, 1.82) is 0 Å². The van der Waals surface area contributed by atoms with Gasteiger partial charge in [0.25, 0.3) is 10.1 Å². The van der Waals surface area contributed by atoms with Gasteiger partial charge in [0.05, 0.1) is 24.8 Å². The Labute approximate surface area is 124 Å². The van der Waals surface area contributed by atoms with Crippen molar-refractivity contribution in [2.75, 3.05) is 20.0 Å². The molecule has 3 N–H and O–H groups in total. The van der Waals surface area contributed by atoms with E-state index in [1.54, 1.807) is 0 Å². The molecule has 0 amide bonds. The summed E-state index contributed by atoms with van der Waals surface area (Å²) >= 11 is -1.91. The van der Waals surface area contributed by atoms with Crippen molar-refractivity contribution >= 4 is 37.7 Å². The second-order valence-electron chi connectivity index (χ2n) is 4.04. The molecule has 114 valence electrons. The smallest absolute Gasteiger partial charge is 0.296 e. The highest BCUT2D eigenvalue weighted by Crippen LogP contribution is 2.36. The van der Waals surface area contributed by atoms with Crippen molar-refractivity contribution in [2.24, 2.45) is 0 Å². The maximum Gasteiger partial charge on any atom is 0.296 e. The molecule has 1 atom stereocenters. The molecule has 2 aromatic carbocycles. The van der Waals surface area contributed by atoms with Crippen LogP contribution in [0.1, 0.15) is 0 Å². The molecule has 0 heterocycles. The summed E-state index contributed by atoms with van der Waals surface area (Å²) in [5.41, 5.74) is 5.78. The SMILES string of the molecule is COS(=O)c1cc2cc(S(=O)(=O)OC)ccc2c(N)c1O. The standard InChI is InChI=1S/C12H13NO6S2/c1-18-20(15)10-6-7-5-8(21(16,17)19-2)3-4-9(7)11(13)12(10)14/h3-6,14H,13H2,1-2H3. The van der Waals surface area contributed by atoms with Crippen LogP contribution in [-0.4, -0.2) is 32.0 Å². The molecule has 0 radical (unpaired) electrons. The summed E-state index contributed by atoms with van der Waals surface area (Å²) in [5.74, 6) is -0.356. The van der Waals surface area contributed by atoms with Gasteiger partial charge in [-0.15, -0.1) is 0 Å². The highest BCUT2D eigenvalue weighted by molar-refractivity contribution is 7.86. The topological polar surface area (TPSA) is 116 Å². The summed E-state index contributed by atoms with van der Waals surface area (Å²) in [6.07, 6.45) is 0. The minimum atomic E-state index is -3.86. The van der Waals surface area contributed by atoms with Crippen LogP contribution in [-0.2, 0) is 29.6 Å². The molecule has 2 aromatic rings. The second-order valence-corrected chi connectivity index (χ2v) is 7.00. The quantitative estimate of drug-likeness (QED) is 0.490. The zero-order chi connectivity index (χ0) is 15.8. The summed E-state index contributed by atoms with van der Waals surface area (Å²) in [4.78, 5) is -0.105.